The highest BCUT2D eigenvalue weighted by Crippen LogP contribution is 2.13. The van der Waals surface area contributed by atoms with E-state index in [1.54, 1.807) is 0 Å². The van der Waals surface area contributed by atoms with Gasteiger partial charge in [-0.2, -0.15) is 0 Å². The van der Waals surface area contributed by atoms with Gasteiger partial charge >= 0.3 is 0 Å². The number of rotatable bonds is 32. The first-order chi connectivity index (χ1) is 23.8. The normalized spacial score (nSPS) is 14.1. The largest absolute Gasteiger partial charge is 0.353 e. The third kappa shape index (κ3) is 26.9. The van der Waals surface area contributed by atoms with E-state index >= 15 is 0 Å². The monoisotopic (exact) mass is 710 g/mol. The lowest BCUT2D eigenvalue weighted by atomic mass is 10.00. The number of carbonyl (C=O) groups is 6. The van der Waals surface area contributed by atoms with Gasteiger partial charge < -0.3 is 37.2 Å². The molecule has 13 heteroatoms. The van der Waals surface area contributed by atoms with Gasteiger partial charge in [-0.05, 0) is 112 Å². The highest BCUT2D eigenvalue weighted by atomic mass is 16.2. The molecular formula is C37H71N7O6. The molecule has 5 atom stereocenters. The molecule has 50 heavy (non-hydrogen) atoms. The van der Waals surface area contributed by atoms with Crippen LogP contribution in [0.1, 0.15) is 130 Å². The van der Waals surface area contributed by atoms with E-state index in [0.29, 0.717) is 19.3 Å². The Morgan fingerprint density at radius 3 is 1.24 bits per heavy atom. The van der Waals surface area contributed by atoms with Gasteiger partial charge in [0, 0.05) is 62.7 Å². The summed E-state index contributed by atoms with van der Waals surface area (Å²) >= 11 is 0. The second kappa shape index (κ2) is 29.8. The molecule has 0 aliphatic rings. The van der Waals surface area contributed by atoms with Crippen LogP contribution in [0, 0.1) is 5.92 Å². The van der Waals surface area contributed by atoms with Gasteiger partial charge in [0.05, 0.1) is 0 Å². The van der Waals surface area contributed by atoms with E-state index in [0.717, 1.165) is 64.6 Å². The Morgan fingerprint density at radius 1 is 0.460 bits per heavy atom. The Kier molecular flexibility index (Phi) is 28.1. The van der Waals surface area contributed by atoms with Crippen molar-refractivity contribution in [3.8, 4) is 0 Å². The van der Waals surface area contributed by atoms with Crippen molar-refractivity contribution in [2.45, 2.75) is 155 Å². The minimum Gasteiger partial charge on any atom is -0.353 e. The summed E-state index contributed by atoms with van der Waals surface area (Å²) in [6, 6.07) is -1.50. The average Bonchev–Trinajstić information content (AvgIpc) is 3.02. The third-order valence-electron chi connectivity index (χ3n) is 8.63. The zero-order valence-corrected chi connectivity index (χ0v) is 32.3. The Labute approximate surface area is 302 Å². The van der Waals surface area contributed by atoms with Crippen molar-refractivity contribution in [2.24, 2.45) is 5.92 Å². The summed E-state index contributed by atoms with van der Waals surface area (Å²) in [6.07, 6.45) is 8.54. The third-order valence-corrected chi connectivity index (χ3v) is 8.63. The van der Waals surface area contributed by atoms with Crippen LogP contribution in [0.4, 0.5) is 0 Å². The molecule has 0 fully saturated rings. The van der Waals surface area contributed by atoms with Crippen molar-refractivity contribution in [2.75, 3.05) is 40.8 Å². The Hall–Kier alpha value is -2.90. The minimum atomic E-state index is -0.538. The average molecular weight is 710 g/mol. The number of nitrogens with one attached hydrogen (secondary N) is 7. The molecule has 0 aromatic rings. The number of ketones is 2. The van der Waals surface area contributed by atoms with Crippen LogP contribution in [0.5, 0.6) is 0 Å². The first-order valence-corrected chi connectivity index (χ1v) is 18.9. The SMILES string of the molecule is CCCCC(CC(C)=O)NC(=O)CC(CCCNC)NC(=O)CCC(CC(C)=O)NC(=O)CC(CCCNC)NC(=O)CC(C)CCCNC. The Bertz CT molecular complexity index is 995. The molecule has 0 aliphatic carbocycles. The van der Waals surface area contributed by atoms with E-state index in [9.17, 15) is 28.8 Å². The predicted octanol–water partition coefficient (Wildman–Crippen LogP) is 2.66. The molecule has 0 bridgehead atoms. The summed E-state index contributed by atoms with van der Waals surface area (Å²) in [6.45, 7) is 9.48. The van der Waals surface area contributed by atoms with Crippen molar-refractivity contribution in [1.29, 1.82) is 0 Å². The summed E-state index contributed by atoms with van der Waals surface area (Å²) in [5.41, 5.74) is 0. The van der Waals surface area contributed by atoms with Gasteiger partial charge in [0.15, 0.2) is 0 Å². The molecule has 7 N–H and O–H groups in total. The van der Waals surface area contributed by atoms with Crippen LogP contribution in [0.3, 0.4) is 0 Å². The summed E-state index contributed by atoms with van der Waals surface area (Å²) in [7, 11) is 5.61. The van der Waals surface area contributed by atoms with Crippen molar-refractivity contribution < 1.29 is 28.8 Å². The summed E-state index contributed by atoms with van der Waals surface area (Å²) in [5.74, 6) is -0.675. The van der Waals surface area contributed by atoms with Crippen LogP contribution in [-0.2, 0) is 28.8 Å². The lowest BCUT2D eigenvalue weighted by Gasteiger charge is -2.23. The van der Waals surface area contributed by atoms with Crippen LogP contribution in [-0.4, -0.2) is 100 Å². The van der Waals surface area contributed by atoms with Gasteiger partial charge in [0.2, 0.25) is 23.6 Å². The molecule has 0 aromatic carbocycles. The van der Waals surface area contributed by atoms with Crippen molar-refractivity contribution in [3.63, 3.8) is 0 Å². The zero-order valence-electron chi connectivity index (χ0n) is 32.3. The maximum Gasteiger partial charge on any atom is 0.222 e. The molecule has 0 aliphatic heterocycles. The summed E-state index contributed by atoms with van der Waals surface area (Å²) in [4.78, 5) is 75.9. The fourth-order valence-corrected chi connectivity index (χ4v) is 6.05. The number of Topliss-reactive ketones (excluding diaryl/α,β-unsaturated/α-hetero) is 2. The van der Waals surface area contributed by atoms with Crippen molar-refractivity contribution in [1.82, 2.24) is 37.2 Å². The Balaban J connectivity index is 5.33. The molecule has 0 aromatic heterocycles. The second-order valence-corrected chi connectivity index (χ2v) is 14.0. The van der Waals surface area contributed by atoms with Crippen LogP contribution in [0.15, 0.2) is 0 Å². The van der Waals surface area contributed by atoms with Crippen LogP contribution in [0.25, 0.3) is 0 Å². The van der Waals surface area contributed by atoms with Crippen molar-refractivity contribution in [3.05, 3.63) is 0 Å². The predicted molar refractivity (Wildman–Crippen MR) is 200 cm³/mol. The highest BCUT2D eigenvalue weighted by Gasteiger charge is 2.23. The lowest BCUT2D eigenvalue weighted by molar-refractivity contribution is -0.127. The van der Waals surface area contributed by atoms with E-state index in [1.807, 2.05) is 21.1 Å². The van der Waals surface area contributed by atoms with E-state index in [1.165, 1.54) is 13.8 Å². The first kappa shape index (κ1) is 47.1. The molecule has 0 heterocycles. The molecule has 290 valence electrons. The zero-order chi connectivity index (χ0) is 37.7. The van der Waals surface area contributed by atoms with Crippen LogP contribution < -0.4 is 37.2 Å². The molecule has 0 rings (SSSR count). The molecule has 4 amide bonds. The van der Waals surface area contributed by atoms with Crippen LogP contribution >= 0.6 is 0 Å². The lowest BCUT2D eigenvalue weighted by Crippen LogP contribution is -2.44. The quantitative estimate of drug-likeness (QED) is 0.0516. The maximum absolute atomic E-state index is 13.2. The smallest absolute Gasteiger partial charge is 0.222 e. The number of hydrogen-bond acceptors (Lipinski definition) is 9. The van der Waals surface area contributed by atoms with Crippen molar-refractivity contribution >= 4 is 35.2 Å². The van der Waals surface area contributed by atoms with Gasteiger partial charge in [0.1, 0.15) is 11.6 Å². The molecular weight excluding hydrogens is 638 g/mol. The van der Waals surface area contributed by atoms with E-state index < -0.39 is 12.1 Å². The van der Waals surface area contributed by atoms with Gasteiger partial charge in [-0.25, -0.2) is 0 Å². The highest BCUT2D eigenvalue weighted by molar-refractivity contribution is 5.83. The van der Waals surface area contributed by atoms with E-state index in [2.05, 4.69) is 51.1 Å². The maximum atomic E-state index is 13.2. The standard InChI is InChI=1S/C37H71N7O6/c1-8-9-14-30(23-28(3)45)42-36(49)25-31(15-11-20-39-6)41-34(47)18-17-33(24-29(4)46)44-37(50)26-32(16-12-21-40-7)43-35(48)22-27(2)13-10-19-38-5/h27,30-33,38-40H,8-26H2,1-7H3,(H,41,47)(H,42,49)(H,43,48)(H,44,50). The topological polar surface area (TPSA) is 187 Å². The fraction of sp³-hybridized carbons (Fsp3) is 0.838. The number of amides is 4. The number of hydrogen-bond donors (Lipinski definition) is 7. The molecule has 13 nitrogen and oxygen atoms in total. The van der Waals surface area contributed by atoms with Crippen LogP contribution in [0.2, 0.25) is 0 Å². The number of carbonyl (C=O) groups excluding carboxylic acids is 6. The molecule has 0 saturated carbocycles. The summed E-state index contributed by atoms with van der Waals surface area (Å²) in [5, 5.41) is 21.3. The minimum absolute atomic E-state index is 0.0208. The number of unbranched alkanes of at least 4 members (excludes halogenated alkanes) is 1. The molecule has 5 unspecified atom stereocenters. The van der Waals surface area contributed by atoms with Gasteiger partial charge in [-0.15, -0.1) is 0 Å². The van der Waals surface area contributed by atoms with Gasteiger partial charge in [0.25, 0.3) is 0 Å². The fourth-order valence-electron chi connectivity index (χ4n) is 6.05. The summed E-state index contributed by atoms with van der Waals surface area (Å²) < 4.78 is 0. The molecule has 0 spiro atoms. The van der Waals surface area contributed by atoms with E-state index in [4.69, 9.17) is 0 Å². The molecule has 0 saturated heterocycles. The van der Waals surface area contributed by atoms with Gasteiger partial charge in [-0.1, -0.05) is 26.7 Å². The molecule has 0 radical (unpaired) electrons. The van der Waals surface area contributed by atoms with Gasteiger partial charge in [-0.3, -0.25) is 28.8 Å². The Morgan fingerprint density at radius 2 is 0.820 bits per heavy atom. The first-order valence-electron chi connectivity index (χ1n) is 18.9. The van der Waals surface area contributed by atoms with E-state index in [-0.39, 0.29) is 91.7 Å². The second-order valence-electron chi connectivity index (χ2n) is 14.0.